The maximum Gasteiger partial charge on any atom is 0.328 e. The van der Waals surface area contributed by atoms with Gasteiger partial charge in [-0.15, -0.1) is 0 Å². The number of nitrogens with one attached hydrogen (secondary N) is 2. The Labute approximate surface area is 156 Å². The minimum Gasteiger partial charge on any atom is -0.495 e. The molecule has 0 aromatic heterocycles. The van der Waals surface area contributed by atoms with Gasteiger partial charge in [-0.25, -0.2) is 4.79 Å². The average Bonchev–Trinajstić information content (AvgIpc) is 2.60. The van der Waals surface area contributed by atoms with Gasteiger partial charge in [0.2, 0.25) is 0 Å². The third kappa shape index (κ3) is 5.42. The molecule has 0 aliphatic carbocycles. The molecule has 6 nitrogen and oxygen atoms in total. The lowest BCUT2D eigenvalue weighted by molar-refractivity contribution is -0.131. The van der Waals surface area contributed by atoms with Gasteiger partial charge in [0.05, 0.1) is 12.8 Å². The summed E-state index contributed by atoms with van der Waals surface area (Å²) in [5.41, 5.74) is 2.70. The van der Waals surface area contributed by atoms with E-state index in [1.807, 2.05) is 19.1 Å². The molecule has 0 saturated carbocycles. The van der Waals surface area contributed by atoms with Crippen LogP contribution in [0, 0.1) is 6.92 Å². The SMILES string of the molecule is COc1ccc(C=CC(=O)O)cc1NC(=S)NC(=O)c1ccc(C)cc1. The third-order valence-electron chi connectivity index (χ3n) is 3.43. The van der Waals surface area contributed by atoms with Crippen LogP contribution >= 0.6 is 12.2 Å². The highest BCUT2D eigenvalue weighted by Gasteiger charge is 2.10. The van der Waals surface area contributed by atoms with Crippen molar-refractivity contribution in [1.29, 1.82) is 0 Å². The fourth-order valence-electron chi connectivity index (χ4n) is 2.13. The van der Waals surface area contributed by atoms with Crippen molar-refractivity contribution in [2.45, 2.75) is 6.92 Å². The molecule has 3 N–H and O–H groups in total. The van der Waals surface area contributed by atoms with Crippen molar-refractivity contribution >= 4 is 41.0 Å². The van der Waals surface area contributed by atoms with Crippen molar-refractivity contribution in [2.24, 2.45) is 0 Å². The summed E-state index contributed by atoms with van der Waals surface area (Å²) >= 11 is 5.18. The number of carbonyl (C=O) groups excluding carboxylic acids is 1. The zero-order valence-electron chi connectivity index (χ0n) is 14.3. The molecule has 2 aromatic carbocycles. The van der Waals surface area contributed by atoms with Crippen LogP contribution in [0.5, 0.6) is 5.75 Å². The van der Waals surface area contributed by atoms with Crippen LogP contribution < -0.4 is 15.4 Å². The van der Waals surface area contributed by atoms with Gasteiger partial charge in [-0.05, 0) is 55.0 Å². The largest absolute Gasteiger partial charge is 0.495 e. The van der Waals surface area contributed by atoms with Crippen molar-refractivity contribution < 1.29 is 19.4 Å². The highest BCUT2D eigenvalue weighted by atomic mass is 32.1. The molecule has 2 rings (SSSR count). The Kier molecular flexibility index (Phi) is 6.46. The lowest BCUT2D eigenvalue weighted by atomic mass is 10.1. The van der Waals surface area contributed by atoms with Gasteiger partial charge in [0, 0.05) is 11.6 Å². The van der Waals surface area contributed by atoms with E-state index in [-0.39, 0.29) is 11.0 Å². The van der Waals surface area contributed by atoms with Gasteiger partial charge in [-0.1, -0.05) is 23.8 Å². The zero-order chi connectivity index (χ0) is 19.1. The summed E-state index contributed by atoms with van der Waals surface area (Å²) in [5, 5.41) is 14.3. The molecule has 0 heterocycles. The molecule has 0 atom stereocenters. The van der Waals surface area contributed by atoms with E-state index in [1.54, 1.807) is 30.3 Å². The molecule has 0 radical (unpaired) electrons. The van der Waals surface area contributed by atoms with E-state index in [1.165, 1.54) is 13.2 Å². The Balaban J connectivity index is 2.11. The summed E-state index contributed by atoms with van der Waals surface area (Å²) in [4.78, 5) is 22.8. The fraction of sp³-hybridized carbons (Fsp3) is 0.105. The van der Waals surface area contributed by atoms with Crippen LogP contribution in [-0.2, 0) is 4.79 Å². The van der Waals surface area contributed by atoms with Crippen molar-refractivity contribution in [3.05, 3.63) is 65.2 Å². The van der Waals surface area contributed by atoms with E-state index in [2.05, 4.69) is 10.6 Å². The summed E-state index contributed by atoms with van der Waals surface area (Å²) in [6.45, 7) is 1.94. The lowest BCUT2D eigenvalue weighted by Crippen LogP contribution is -2.34. The summed E-state index contributed by atoms with van der Waals surface area (Å²) in [5.74, 6) is -0.871. The first-order valence-electron chi connectivity index (χ1n) is 7.67. The highest BCUT2D eigenvalue weighted by molar-refractivity contribution is 7.80. The molecular formula is C19H18N2O4S. The molecule has 134 valence electrons. The summed E-state index contributed by atoms with van der Waals surface area (Å²) in [6, 6.07) is 12.2. The molecule has 1 amide bonds. The Hall–Kier alpha value is -3.19. The molecule has 26 heavy (non-hydrogen) atoms. The van der Waals surface area contributed by atoms with E-state index in [0.717, 1.165) is 11.6 Å². The second-order valence-corrected chi connectivity index (χ2v) is 5.81. The van der Waals surface area contributed by atoms with Crippen LogP contribution in [0.1, 0.15) is 21.5 Å². The Morgan fingerprint density at radius 3 is 2.46 bits per heavy atom. The van der Waals surface area contributed by atoms with E-state index in [0.29, 0.717) is 22.6 Å². The van der Waals surface area contributed by atoms with Gasteiger partial charge in [-0.2, -0.15) is 0 Å². The molecule has 7 heteroatoms. The van der Waals surface area contributed by atoms with Gasteiger partial charge in [0.15, 0.2) is 5.11 Å². The number of carboxylic acid groups (broad SMARTS) is 1. The van der Waals surface area contributed by atoms with Crippen molar-refractivity contribution in [2.75, 3.05) is 12.4 Å². The van der Waals surface area contributed by atoms with Crippen molar-refractivity contribution in [1.82, 2.24) is 5.32 Å². The number of ether oxygens (including phenoxy) is 1. The number of aliphatic carboxylic acids is 1. The quantitative estimate of drug-likeness (QED) is 0.553. The normalized spacial score (nSPS) is 10.4. The van der Waals surface area contributed by atoms with Gasteiger partial charge in [-0.3, -0.25) is 10.1 Å². The summed E-state index contributed by atoms with van der Waals surface area (Å²) in [7, 11) is 1.50. The van der Waals surface area contributed by atoms with Crippen LogP contribution in [0.3, 0.4) is 0 Å². The topological polar surface area (TPSA) is 87.7 Å². The first-order chi connectivity index (χ1) is 12.4. The third-order valence-corrected chi connectivity index (χ3v) is 3.64. The standard InChI is InChI=1S/C19H18N2O4S/c1-12-3-7-14(8-4-12)18(24)21-19(26)20-15-11-13(6-10-17(22)23)5-9-16(15)25-2/h3-11H,1-2H3,(H,22,23)(H2,20,21,24,26). The average molecular weight is 370 g/mol. The molecule has 2 aromatic rings. The Bertz CT molecular complexity index is 860. The second kappa shape index (κ2) is 8.77. The monoisotopic (exact) mass is 370 g/mol. The number of benzene rings is 2. The van der Waals surface area contributed by atoms with Gasteiger partial charge < -0.3 is 15.2 Å². The van der Waals surface area contributed by atoms with Crippen LogP contribution in [0.2, 0.25) is 0 Å². The van der Waals surface area contributed by atoms with Gasteiger partial charge in [0.25, 0.3) is 5.91 Å². The molecular weight excluding hydrogens is 352 g/mol. The number of aryl methyl sites for hydroxylation is 1. The summed E-state index contributed by atoms with van der Waals surface area (Å²) in [6.07, 6.45) is 2.48. The number of rotatable bonds is 5. The number of hydrogen-bond donors (Lipinski definition) is 3. The van der Waals surface area contributed by atoms with Crippen LogP contribution in [0.15, 0.2) is 48.5 Å². The van der Waals surface area contributed by atoms with E-state index < -0.39 is 5.97 Å². The van der Waals surface area contributed by atoms with Crippen molar-refractivity contribution in [3.8, 4) is 5.75 Å². The highest BCUT2D eigenvalue weighted by Crippen LogP contribution is 2.26. The number of thiocarbonyl (C=S) groups is 1. The smallest absolute Gasteiger partial charge is 0.328 e. The predicted octanol–water partition coefficient (Wildman–Crippen LogP) is 3.23. The van der Waals surface area contributed by atoms with Crippen LogP contribution in [0.4, 0.5) is 5.69 Å². The lowest BCUT2D eigenvalue weighted by Gasteiger charge is -2.13. The Morgan fingerprint density at radius 1 is 1.15 bits per heavy atom. The van der Waals surface area contributed by atoms with E-state index in [9.17, 15) is 9.59 Å². The van der Waals surface area contributed by atoms with Crippen LogP contribution in [0.25, 0.3) is 6.08 Å². The van der Waals surface area contributed by atoms with E-state index in [4.69, 9.17) is 22.1 Å². The molecule has 0 aliphatic rings. The zero-order valence-corrected chi connectivity index (χ0v) is 15.1. The second-order valence-electron chi connectivity index (χ2n) is 5.41. The minimum absolute atomic E-state index is 0.105. The number of amides is 1. The van der Waals surface area contributed by atoms with E-state index >= 15 is 0 Å². The minimum atomic E-state index is -1.05. The number of methoxy groups -OCH3 is 1. The molecule has 0 unspecified atom stereocenters. The van der Waals surface area contributed by atoms with Gasteiger partial charge in [0.1, 0.15) is 5.75 Å². The van der Waals surface area contributed by atoms with Crippen LogP contribution in [-0.4, -0.2) is 29.2 Å². The summed E-state index contributed by atoms with van der Waals surface area (Å²) < 4.78 is 5.25. The first-order valence-corrected chi connectivity index (χ1v) is 8.08. The number of hydrogen-bond acceptors (Lipinski definition) is 4. The molecule has 0 saturated heterocycles. The number of carboxylic acids is 1. The molecule has 0 bridgehead atoms. The fourth-order valence-corrected chi connectivity index (χ4v) is 2.33. The predicted molar refractivity (Wildman–Crippen MR) is 105 cm³/mol. The Morgan fingerprint density at radius 2 is 1.85 bits per heavy atom. The first kappa shape index (κ1) is 19.1. The maximum absolute atomic E-state index is 12.2. The van der Waals surface area contributed by atoms with Gasteiger partial charge >= 0.3 is 5.97 Å². The number of carbonyl (C=O) groups is 2. The molecule has 0 aliphatic heterocycles. The molecule has 0 spiro atoms. The number of anilines is 1. The molecule has 0 fully saturated rings. The maximum atomic E-state index is 12.2. The van der Waals surface area contributed by atoms with Crippen molar-refractivity contribution in [3.63, 3.8) is 0 Å².